The number of nitrogens with zero attached hydrogens (tertiary/aromatic N) is 4. The van der Waals surface area contributed by atoms with Crippen molar-refractivity contribution in [1.29, 1.82) is 0 Å². The molecular formula is C11H11F2N5O3. The van der Waals surface area contributed by atoms with Crippen molar-refractivity contribution in [2.45, 2.75) is 13.2 Å². The van der Waals surface area contributed by atoms with Gasteiger partial charge in [0.15, 0.2) is 11.5 Å². The first-order valence-electron chi connectivity index (χ1n) is 5.72. The fourth-order valence-corrected chi connectivity index (χ4v) is 1.54. The Morgan fingerprint density at radius 3 is 2.86 bits per heavy atom. The van der Waals surface area contributed by atoms with Gasteiger partial charge in [-0.05, 0) is 22.6 Å². The molecule has 0 aliphatic heterocycles. The van der Waals surface area contributed by atoms with Gasteiger partial charge in [0.25, 0.3) is 0 Å². The summed E-state index contributed by atoms with van der Waals surface area (Å²) in [6.45, 7) is -3.10. The molecule has 21 heavy (non-hydrogen) atoms. The number of aromatic nitrogens is 4. The van der Waals surface area contributed by atoms with E-state index in [-0.39, 0.29) is 23.7 Å². The predicted molar refractivity (Wildman–Crippen MR) is 66.1 cm³/mol. The Morgan fingerprint density at radius 2 is 2.24 bits per heavy atom. The van der Waals surface area contributed by atoms with E-state index < -0.39 is 12.5 Å². The van der Waals surface area contributed by atoms with E-state index in [0.29, 0.717) is 0 Å². The van der Waals surface area contributed by atoms with Gasteiger partial charge in [-0.1, -0.05) is 0 Å². The molecule has 1 N–H and O–H groups in total. The number of tetrazole rings is 1. The molecule has 0 saturated carbocycles. The molecule has 1 aromatic heterocycles. The number of alkyl halides is 2. The predicted octanol–water partition coefficient (Wildman–Crippen LogP) is 0.922. The van der Waals surface area contributed by atoms with Gasteiger partial charge in [-0.25, -0.2) is 4.68 Å². The first-order chi connectivity index (χ1) is 10.1. The van der Waals surface area contributed by atoms with Gasteiger partial charge in [0.2, 0.25) is 5.91 Å². The number of methoxy groups -OCH3 is 1. The summed E-state index contributed by atoms with van der Waals surface area (Å²) in [5.74, 6) is -0.461. The molecule has 2 aromatic rings. The first-order valence-corrected chi connectivity index (χ1v) is 5.72. The van der Waals surface area contributed by atoms with Crippen molar-refractivity contribution in [3.05, 3.63) is 24.5 Å². The van der Waals surface area contributed by atoms with Gasteiger partial charge >= 0.3 is 6.61 Å². The highest BCUT2D eigenvalue weighted by molar-refractivity contribution is 5.90. The Labute approximate surface area is 117 Å². The molecule has 1 aromatic carbocycles. The summed E-state index contributed by atoms with van der Waals surface area (Å²) >= 11 is 0. The molecule has 0 spiro atoms. The standard InChI is InChI=1S/C11H11F2N5O3/c1-20-8-3-2-7(4-9(8)21-11(12)13)15-10(19)5-18-6-14-16-17-18/h2-4,6,11H,5H2,1H3,(H,15,19). The molecule has 2 rings (SSSR count). The topological polar surface area (TPSA) is 91.2 Å². The average molecular weight is 299 g/mol. The summed E-state index contributed by atoms with van der Waals surface area (Å²) in [7, 11) is 1.32. The lowest BCUT2D eigenvalue weighted by molar-refractivity contribution is -0.116. The summed E-state index contributed by atoms with van der Waals surface area (Å²) in [5.41, 5.74) is 0.282. The Kier molecular flexibility index (Phi) is 4.59. The van der Waals surface area contributed by atoms with Crippen LogP contribution in [0.15, 0.2) is 24.5 Å². The van der Waals surface area contributed by atoms with Crippen LogP contribution in [0.3, 0.4) is 0 Å². The third-order valence-electron chi connectivity index (χ3n) is 2.36. The zero-order valence-electron chi connectivity index (χ0n) is 10.9. The van der Waals surface area contributed by atoms with E-state index in [1.807, 2.05) is 0 Å². The number of benzene rings is 1. The number of hydrogen-bond donors (Lipinski definition) is 1. The van der Waals surface area contributed by atoms with Gasteiger partial charge in [0.1, 0.15) is 12.9 Å². The van der Waals surface area contributed by atoms with E-state index in [1.165, 1.54) is 36.3 Å². The van der Waals surface area contributed by atoms with E-state index in [9.17, 15) is 13.6 Å². The molecule has 1 heterocycles. The van der Waals surface area contributed by atoms with Crippen LogP contribution in [-0.4, -0.2) is 39.8 Å². The van der Waals surface area contributed by atoms with Crippen LogP contribution >= 0.6 is 0 Å². The third-order valence-corrected chi connectivity index (χ3v) is 2.36. The van der Waals surface area contributed by atoms with Gasteiger partial charge < -0.3 is 14.8 Å². The van der Waals surface area contributed by atoms with Gasteiger partial charge in [0.05, 0.1) is 7.11 Å². The molecule has 0 aliphatic carbocycles. The Hall–Kier alpha value is -2.78. The molecule has 0 bridgehead atoms. The minimum atomic E-state index is -2.99. The van der Waals surface area contributed by atoms with E-state index >= 15 is 0 Å². The van der Waals surface area contributed by atoms with E-state index in [0.717, 1.165) is 0 Å². The molecule has 112 valence electrons. The first kappa shape index (κ1) is 14.6. The number of ether oxygens (including phenoxy) is 2. The molecule has 0 aliphatic rings. The molecule has 1 amide bonds. The zero-order chi connectivity index (χ0) is 15.2. The third kappa shape index (κ3) is 4.09. The van der Waals surface area contributed by atoms with Gasteiger partial charge in [-0.2, -0.15) is 8.78 Å². The largest absolute Gasteiger partial charge is 0.493 e. The second-order valence-corrected chi connectivity index (χ2v) is 3.80. The Morgan fingerprint density at radius 1 is 1.43 bits per heavy atom. The maximum Gasteiger partial charge on any atom is 0.387 e. The lowest BCUT2D eigenvalue weighted by Crippen LogP contribution is -2.19. The van der Waals surface area contributed by atoms with Gasteiger partial charge in [-0.3, -0.25) is 4.79 Å². The monoisotopic (exact) mass is 299 g/mol. The van der Waals surface area contributed by atoms with Crippen molar-refractivity contribution >= 4 is 11.6 Å². The highest BCUT2D eigenvalue weighted by Gasteiger charge is 2.12. The quantitative estimate of drug-likeness (QED) is 0.853. The number of rotatable bonds is 6. The van der Waals surface area contributed by atoms with Crippen LogP contribution in [0.4, 0.5) is 14.5 Å². The fourth-order valence-electron chi connectivity index (χ4n) is 1.54. The molecule has 0 saturated heterocycles. The number of halogens is 2. The normalized spacial score (nSPS) is 10.5. The van der Waals surface area contributed by atoms with Crippen LogP contribution in [0.5, 0.6) is 11.5 Å². The number of carbonyl (C=O) groups excluding carboxylic acids is 1. The number of hydrogen-bond acceptors (Lipinski definition) is 6. The maximum absolute atomic E-state index is 12.3. The number of carbonyl (C=O) groups is 1. The lowest BCUT2D eigenvalue weighted by Gasteiger charge is -2.12. The summed E-state index contributed by atoms with van der Waals surface area (Å²) in [5, 5.41) is 12.8. The smallest absolute Gasteiger partial charge is 0.387 e. The van der Waals surface area contributed by atoms with Crippen LogP contribution in [0, 0.1) is 0 Å². The summed E-state index contributed by atoms with van der Waals surface area (Å²) in [6, 6.07) is 4.14. The molecule has 10 heteroatoms. The minimum Gasteiger partial charge on any atom is -0.493 e. The van der Waals surface area contributed by atoms with Crippen LogP contribution < -0.4 is 14.8 Å². The van der Waals surface area contributed by atoms with E-state index in [4.69, 9.17) is 4.74 Å². The number of amides is 1. The summed E-state index contributed by atoms with van der Waals surface area (Å²) in [4.78, 5) is 11.7. The maximum atomic E-state index is 12.3. The number of nitrogens with one attached hydrogen (secondary N) is 1. The second-order valence-electron chi connectivity index (χ2n) is 3.80. The van der Waals surface area contributed by atoms with Gasteiger partial charge in [-0.15, -0.1) is 5.10 Å². The summed E-state index contributed by atoms with van der Waals surface area (Å²) in [6.07, 6.45) is 1.28. The minimum absolute atomic E-state index is 0.107. The average Bonchev–Trinajstić information content (AvgIpc) is 2.91. The Bertz CT molecular complexity index is 606. The van der Waals surface area contributed by atoms with Crippen molar-refractivity contribution in [1.82, 2.24) is 20.2 Å². The molecule has 0 unspecified atom stereocenters. The van der Waals surface area contributed by atoms with Crippen molar-refractivity contribution in [2.24, 2.45) is 0 Å². The molecule has 0 atom stereocenters. The van der Waals surface area contributed by atoms with Crippen molar-refractivity contribution in [3.63, 3.8) is 0 Å². The van der Waals surface area contributed by atoms with Gasteiger partial charge in [0, 0.05) is 11.8 Å². The molecular weight excluding hydrogens is 288 g/mol. The van der Waals surface area contributed by atoms with Crippen LogP contribution in [0.25, 0.3) is 0 Å². The van der Waals surface area contributed by atoms with Crippen LogP contribution in [-0.2, 0) is 11.3 Å². The van der Waals surface area contributed by atoms with E-state index in [1.54, 1.807) is 0 Å². The van der Waals surface area contributed by atoms with Crippen molar-refractivity contribution < 1.29 is 23.0 Å². The highest BCUT2D eigenvalue weighted by atomic mass is 19.3. The zero-order valence-corrected chi connectivity index (χ0v) is 10.9. The number of anilines is 1. The molecule has 0 radical (unpaired) electrons. The summed E-state index contributed by atoms with van der Waals surface area (Å²) < 4.78 is 35.0. The van der Waals surface area contributed by atoms with Crippen molar-refractivity contribution in [3.8, 4) is 11.5 Å². The van der Waals surface area contributed by atoms with E-state index in [2.05, 4.69) is 25.6 Å². The SMILES string of the molecule is COc1ccc(NC(=O)Cn2cnnn2)cc1OC(F)F. The fraction of sp³-hybridized carbons (Fsp3) is 0.273. The van der Waals surface area contributed by atoms with Crippen LogP contribution in [0.2, 0.25) is 0 Å². The van der Waals surface area contributed by atoms with Crippen LogP contribution in [0.1, 0.15) is 0 Å². The molecule has 8 nitrogen and oxygen atoms in total. The Balaban J connectivity index is 2.07. The highest BCUT2D eigenvalue weighted by Crippen LogP contribution is 2.31. The van der Waals surface area contributed by atoms with Crippen molar-refractivity contribution in [2.75, 3.05) is 12.4 Å². The lowest BCUT2D eigenvalue weighted by atomic mass is 10.2. The molecule has 0 fully saturated rings. The second kappa shape index (κ2) is 6.59.